The number of nitrogens with one attached hydrogen (secondary N) is 2. The second kappa shape index (κ2) is 7.44. The standard InChI is InChI=1S/C15H14BrN3O2/c1-21-13-9-7-12(8-10-13)18-19-14(16)15(20)17-11-5-3-2-4-6-11/h2-10,18H,1H3,(H,17,20)/b19-14-. The zero-order valence-corrected chi connectivity index (χ0v) is 12.9. The molecular weight excluding hydrogens is 334 g/mol. The van der Waals surface area contributed by atoms with Crippen molar-refractivity contribution in [2.75, 3.05) is 17.9 Å². The molecule has 0 aliphatic heterocycles. The highest BCUT2D eigenvalue weighted by atomic mass is 79.9. The predicted octanol–water partition coefficient (Wildman–Crippen LogP) is 3.45. The number of para-hydroxylation sites is 1. The number of anilines is 2. The molecule has 0 aliphatic rings. The summed E-state index contributed by atoms with van der Waals surface area (Å²) < 4.78 is 5.22. The molecule has 0 saturated carbocycles. The highest BCUT2D eigenvalue weighted by Crippen LogP contribution is 2.15. The summed E-state index contributed by atoms with van der Waals surface area (Å²) in [7, 11) is 1.60. The summed E-state index contributed by atoms with van der Waals surface area (Å²) in [5.41, 5.74) is 4.24. The highest BCUT2D eigenvalue weighted by Gasteiger charge is 2.08. The third-order valence-electron chi connectivity index (χ3n) is 2.59. The maximum Gasteiger partial charge on any atom is 0.283 e. The first-order valence-electron chi connectivity index (χ1n) is 6.18. The van der Waals surface area contributed by atoms with E-state index in [4.69, 9.17) is 4.74 Å². The van der Waals surface area contributed by atoms with Crippen LogP contribution in [0.25, 0.3) is 0 Å². The number of hydrazone groups is 1. The molecule has 2 N–H and O–H groups in total. The zero-order valence-electron chi connectivity index (χ0n) is 11.3. The van der Waals surface area contributed by atoms with Crippen molar-refractivity contribution in [2.24, 2.45) is 5.10 Å². The summed E-state index contributed by atoms with van der Waals surface area (Å²) in [5, 5.41) is 6.70. The van der Waals surface area contributed by atoms with Crippen molar-refractivity contribution in [1.29, 1.82) is 0 Å². The molecular formula is C15H14BrN3O2. The van der Waals surface area contributed by atoms with E-state index in [9.17, 15) is 4.79 Å². The Bertz CT molecular complexity index is 627. The summed E-state index contributed by atoms with van der Waals surface area (Å²) >= 11 is 3.14. The van der Waals surface area contributed by atoms with Crippen LogP contribution in [-0.4, -0.2) is 17.6 Å². The van der Waals surface area contributed by atoms with Gasteiger partial charge in [-0.15, -0.1) is 0 Å². The van der Waals surface area contributed by atoms with Crippen molar-refractivity contribution >= 4 is 37.8 Å². The van der Waals surface area contributed by atoms with Gasteiger partial charge in [-0.1, -0.05) is 18.2 Å². The fourth-order valence-electron chi connectivity index (χ4n) is 1.53. The Morgan fingerprint density at radius 1 is 1.05 bits per heavy atom. The molecule has 108 valence electrons. The van der Waals surface area contributed by atoms with Gasteiger partial charge in [-0.3, -0.25) is 10.2 Å². The van der Waals surface area contributed by atoms with Crippen molar-refractivity contribution in [3.63, 3.8) is 0 Å². The molecule has 0 spiro atoms. The first-order valence-corrected chi connectivity index (χ1v) is 6.98. The summed E-state index contributed by atoms with van der Waals surface area (Å²) in [6, 6.07) is 16.4. The van der Waals surface area contributed by atoms with Crippen molar-refractivity contribution in [2.45, 2.75) is 0 Å². The van der Waals surface area contributed by atoms with Gasteiger partial charge in [-0.2, -0.15) is 5.10 Å². The lowest BCUT2D eigenvalue weighted by atomic mass is 10.3. The van der Waals surface area contributed by atoms with Crippen LogP contribution in [0, 0.1) is 0 Å². The minimum atomic E-state index is -0.331. The first kappa shape index (κ1) is 15.1. The predicted molar refractivity (Wildman–Crippen MR) is 88.1 cm³/mol. The van der Waals surface area contributed by atoms with Crippen molar-refractivity contribution in [1.82, 2.24) is 0 Å². The van der Waals surface area contributed by atoms with Crippen molar-refractivity contribution in [3.05, 3.63) is 54.6 Å². The molecule has 2 aromatic rings. The molecule has 6 heteroatoms. The maximum atomic E-state index is 11.9. The van der Waals surface area contributed by atoms with Gasteiger partial charge in [-0.05, 0) is 52.3 Å². The summed E-state index contributed by atoms with van der Waals surface area (Å²) in [5.74, 6) is 0.424. The lowest BCUT2D eigenvalue weighted by Gasteiger charge is -2.05. The number of carbonyl (C=O) groups is 1. The maximum absolute atomic E-state index is 11.9. The van der Waals surface area contributed by atoms with Crippen LogP contribution in [0.4, 0.5) is 11.4 Å². The first-order chi connectivity index (χ1) is 10.2. The van der Waals surface area contributed by atoms with Crippen LogP contribution in [0.2, 0.25) is 0 Å². The molecule has 2 rings (SSSR count). The van der Waals surface area contributed by atoms with E-state index >= 15 is 0 Å². The monoisotopic (exact) mass is 347 g/mol. The number of hydrogen-bond acceptors (Lipinski definition) is 4. The molecule has 1 amide bonds. The van der Waals surface area contributed by atoms with E-state index in [1.54, 1.807) is 43.5 Å². The van der Waals surface area contributed by atoms with Crippen LogP contribution >= 0.6 is 15.9 Å². The Hall–Kier alpha value is -2.34. The SMILES string of the molecule is COc1ccc(N/N=C(\Br)C(=O)Nc2ccccc2)cc1. The molecule has 0 fully saturated rings. The molecule has 0 saturated heterocycles. The number of amides is 1. The lowest BCUT2D eigenvalue weighted by molar-refractivity contribution is -0.110. The van der Waals surface area contributed by atoms with Crippen LogP contribution in [0.3, 0.4) is 0 Å². The van der Waals surface area contributed by atoms with Gasteiger partial charge in [0.15, 0.2) is 4.62 Å². The third-order valence-corrected chi connectivity index (χ3v) is 3.13. The van der Waals surface area contributed by atoms with E-state index in [2.05, 4.69) is 31.8 Å². The van der Waals surface area contributed by atoms with Gasteiger partial charge in [-0.25, -0.2) is 0 Å². The third kappa shape index (κ3) is 4.61. The molecule has 21 heavy (non-hydrogen) atoms. The Balaban J connectivity index is 1.95. The zero-order chi connectivity index (χ0) is 15.1. The number of nitrogens with zero attached hydrogens (tertiary/aromatic N) is 1. The van der Waals surface area contributed by atoms with Crippen LogP contribution in [0.5, 0.6) is 5.75 Å². The molecule has 0 unspecified atom stereocenters. The Morgan fingerprint density at radius 3 is 2.33 bits per heavy atom. The Morgan fingerprint density at radius 2 is 1.71 bits per heavy atom. The van der Waals surface area contributed by atoms with Crippen LogP contribution < -0.4 is 15.5 Å². The average molecular weight is 348 g/mol. The summed E-state index contributed by atoms with van der Waals surface area (Å²) in [6.07, 6.45) is 0. The van der Waals surface area contributed by atoms with Crippen LogP contribution in [0.15, 0.2) is 59.7 Å². The average Bonchev–Trinajstić information content (AvgIpc) is 2.54. The molecule has 2 aromatic carbocycles. The number of rotatable bonds is 5. The Labute approximate surface area is 131 Å². The molecule has 5 nitrogen and oxygen atoms in total. The number of methoxy groups -OCH3 is 1. The number of hydrogen-bond donors (Lipinski definition) is 2. The molecule has 0 atom stereocenters. The molecule has 0 aliphatic carbocycles. The van der Waals surface area contributed by atoms with E-state index in [0.717, 1.165) is 11.4 Å². The van der Waals surface area contributed by atoms with E-state index in [1.807, 2.05) is 18.2 Å². The molecule has 0 aromatic heterocycles. The summed E-state index contributed by atoms with van der Waals surface area (Å²) in [6.45, 7) is 0. The molecule has 0 bridgehead atoms. The van der Waals surface area contributed by atoms with E-state index in [1.165, 1.54) is 0 Å². The fraction of sp³-hybridized carbons (Fsp3) is 0.0667. The van der Waals surface area contributed by atoms with Crippen molar-refractivity contribution < 1.29 is 9.53 Å². The van der Waals surface area contributed by atoms with Gasteiger partial charge >= 0.3 is 0 Å². The minimum Gasteiger partial charge on any atom is -0.497 e. The second-order valence-electron chi connectivity index (χ2n) is 4.06. The van der Waals surface area contributed by atoms with E-state index < -0.39 is 0 Å². The topological polar surface area (TPSA) is 62.7 Å². The van der Waals surface area contributed by atoms with Crippen LogP contribution in [-0.2, 0) is 4.79 Å². The van der Waals surface area contributed by atoms with Gasteiger partial charge < -0.3 is 10.1 Å². The quantitative estimate of drug-likeness (QED) is 0.643. The van der Waals surface area contributed by atoms with Gasteiger partial charge in [0.1, 0.15) is 5.75 Å². The molecule has 0 heterocycles. The van der Waals surface area contributed by atoms with Gasteiger partial charge in [0.25, 0.3) is 5.91 Å². The number of benzene rings is 2. The number of halogens is 1. The largest absolute Gasteiger partial charge is 0.497 e. The molecule has 0 radical (unpaired) electrons. The minimum absolute atomic E-state index is 0.155. The van der Waals surface area contributed by atoms with Gasteiger partial charge in [0.2, 0.25) is 0 Å². The number of ether oxygens (including phenoxy) is 1. The van der Waals surface area contributed by atoms with E-state index in [0.29, 0.717) is 5.69 Å². The smallest absolute Gasteiger partial charge is 0.283 e. The van der Waals surface area contributed by atoms with E-state index in [-0.39, 0.29) is 10.5 Å². The van der Waals surface area contributed by atoms with Crippen LogP contribution in [0.1, 0.15) is 0 Å². The highest BCUT2D eigenvalue weighted by molar-refractivity contribution is 9.19. The van der Waals surface area contributed by atoms with Gasteiger partial charge in [0.05, 0.1) is 12.8 Å². The lowest BCUT2D eigenvalue weighted by Crippen LogP contribution is -2.19. The van der Waals surface area contributed by atoms with Gasteiger partial charge in [0, 0.05) is 5.69 Å². The number of carbonyl (C=O) groups excluding carboxylic acids is 1. The van der Waals surface area contributed by atoms with Crippen molar-refractivity contribution in [3.8, 4) is 5.75 Å². The normalized spacial score (nSPS) is 10.9. The fourth-order valence-corrected chi connectivity index (χ4v) is 1.72. The second-order valence-corrected chi connectivity index (χ2v) is 4.81. The Kier molecular flexibility index (Phi) is 5.34. The summed E-state index contributed by atoms with van der Waals surface area (Å²) in [4.78, 5) is 11.9.